The van der Waals surface area contributed by atoms with Crippen LogP contribution in [-0.4, -0.2) is 24.3 Å². The Bertz CT molecular complexity index is 380. The van der Waals surface area contributed by atoms with Gasteiger partial charge in [0, 0.05) is 11.0 Å². The van der Waals surface area contributed by atoms with Crippen molar-refractivity contribution in [1.82, 2.24) is 5.06 Å². The number of hydrogen-bond donors (Lipinski definition) is 0. The number of amides is 1. The number of thioether (sulfide) groups is 1. The van der Waals surface area contributed by atoms with E-state index in [4.69, 9.17) is 0 Å². The zero-order valence-corrected chi connectivity index (χ0v) is 12.5. The first-order valence-electron chi connectivity index (χ1n) is 4.41. The van der Waals surface area contributed by atoms with Gasteiger partial charge >= 0.3 is 29.6 Å². The molecule has 0 fully saturated rings. The van der Waals surface area contributed by atoms with Gasteiger partial charge < -0.3 is 10.3 Å². The van der Waals surface area contributed by atoms with E-state index in [2.05, 4.69) is 0 Å². The van der Waals surface area contributed by atoms with Crippen molar-refractivity contribution in [3.05, 3.63) is 41.1 Å². The Morgan fingerprint density at radius 2 is 2.06 bits per heavy atom. The maximum absolute atomic E-state index is 11.0. The number of carbonyl (C=O) groups excluding carboxylic acids is 1. The molecule has 0 N–H and O–H groups in total. The van der Waals surface area contributed by atoms with Gasteiger partial charge in [-0.25, -0.2) is 0 Å². The quantitative estimate of drug-likeness (QED) is 0.308. The summed E-state index contributed by atoms with van der Waals surface area (Å²) in [6.45, 7) is 0. The second kappa shape index (κ2) is 7.92. The van der Waals surface area contributed by atoms with Gasteiger partial charge in [0.25, 0.3) is 0 Å². The normalized spacial score (nSPS) is 9.94. The molecule has 0 saturated carbocycles. The van der Waals surface area contributed by atoms with E-state index in [9.17, 15) is 10.0 Å². The molecule has 0 bridgehead atoms. The maximum Gasteiger partial charge on any atom is 1.00 e. The van der Waals surface area contributed by atoms with Crippen molar-refractivity contribution >= 4 is 23.7 Å². The van der Waals surface area contributed by atoms with E-state index < -0.39 is 5.91 Å². The fraction of sp³-hybridized carbons (Fsp3) is 0.182. The Hall–Kier alpha value is -0.260. The van der Waals surface area contributed by atoms with Crippen LogP contribution in [0.15, 0.2) is 35.2 Å². The predicted molar refractivity (Wildman–Crippen MR) is 63.4 cm³/mol. The fourth-order valence-electron chi connectivity index (χ4n) is 1.07. The van der Waals surface area contributed by atoms with Crippen LogP contribution in [0.3, 0.4) is 0 Å². The van der Waals surface area contributed by atoms with Gasteiger partial charge in [0.1, 0.15) is 0 Å². The SMILES string of the molecule is CSc1ccccc1/C=C/C(=O)N(C)[O-].[Na+]. The van der Waals surface area contributed by atoms with Crippen molar-refractivity contribution in [1.29, 1.82) is 0 Å². The Kier molecular flexibility index (Phi) is 7.80. The summed E-state index contributed by atoms with van der Waals surface area (Å²) in [7, 11) is 1.19. The number of nitrogens with zero attached hydrogens (tertiary/aromatic N) is 1. The Balaban J connectivity index is 0.00000225. The molecule has 80 valence electrons. The summed E-state index contributed by atoms with van der Waals surface area (Å²) in [6, 6.07) is 7.70. The van der Waals surface area contributed by atoms with Crippen LogP contribution < -0.4 is 29.6 Å². The topological polar surface area (TPSA) is 43.4 Å². The number of likely N-dealkylation sites (N-methyl/N-ethyl adjacent to an activating group) is 1. The monoisotopic (exact) mass is 245 g/mol. The average molecular weight is 245 g/mol. The molecule has 1 amide bonds. The Morgan fingerprint density at radius 1 is 1.44 bits per heavy atom. The summed E-state index contributed by atoms with van der Waals surface area (Å²) >= 11 is 1.60. The number of hydrogen-bond acceptors (Lipinski definition) is 3. The molecule has 0 unspecified atom stereocenters. The summed E-state index contributed by atoms with van der Waals surface area (Å²) < 4.78 is 0. The second-order valence-electron chi connectivity index (χ2n) is 2.91. The van der Waals surface area contributed by atoms with E-state index in [-0.39, 0.29) is 29.6 Å². The molecule has 0 aliphatic heterocycles. The Morgan fingerprint density at radius 3 is 2.62 bits per heavy atom. The smallest absolute Gasteiger partial charge is 0.756 e. The first-order chi connectivity index (χ1) is 7.15. The van der Waals surface area contributed by atoms with E-state index in [1.807, 2.05) is 30.5 Å². The van der Waals surface area contributed by atoms with Gasteiger partial charge in [-0.3, -0.25) is 4.79 Å². The molecule has 5 heteroatoms. The largest absolute Gasteiger partial charge is 1.00 e. The van der Waals surface area contributed by atoms with Crippen LogP contribution >= 0.6 is 11.8 Å². The minimum atomic E-state index is -0.550. The maximum atomic E-state index is 11.0. The third-order valence-corrected chi connectivity index (χ3v) is 2.67. The van der Waals surface area contributed by atoms with E-state index in [0.717, 1.165) is 10.5 Å². The molecule has 0 heterocycles. The van der Waals surface area contributed by atoms with Gasteiger partial charge in [-0.05, 0) is 31.0 Å². The summed E-state index contributed by atoms with van der Waals surface area (Å²) in [6.07, 6.45) is 4.90. The van der Waals surface area contributed by atoms with Crippen molar-refractivity contribution in [3.8, 4) is 0 Å². The number of rotatable bonds is 3. The van der Waals surface area contributed by atoms with Crippen LogP contribution in [0.2, 0.25) is 0 Å². The first kappa shape index (κ1) is 15.7. The molecular weight excluding hydrogens is 233 g/mol. The van der Waals surface area contributed by atoms with Crippen LogP contribution in [0.4, 0.5) is 0 Å². The van der Waals surface area contributed by atoms with Crippen LogP contribution in [0.25, 0.3) is 6.08 Å². The standard InChI is InChI=1S/C11H12NO2S.Na/c1-12(14)11(13)8-7-9-5-3-4-6-10(9)15-2;/h3-8H,1-2H3;/q-1;+1/b8-7+;. The van der Waals surface area contributed by atoms with Crippen LogP contribution in [0, 0.1) is 5.21 Å². The zero-order chi connectivity index (χ0) is 11.3. The van der Waals surface area contributed by atoms with Crippen molar-refractivity contribution < 1.29 is 34.4 Å². The molecule has 0 spiro atoms. The second-order valence-corrected chi connectivity index (χ2v) is 3.76. The zero-order valence-electron chi connectivity index (χ0n) is 9.64. The fourth-order valence-corrected chi connectivity index (χ4v) is 1.66. The van der Waals surface area contributed by atoms with E-state index in [1.54, 1.807) is 17.8 Å². The molecule has 1 aromatic rings. The summed E-state index contributed by atoms with van der Waals surface area (Å²) in [4.78, 5) is 12.1. The van der Waals surface area contributed by atoms with Crippen molar-refractivity contribution in [2.24, 2.45) is 0 Å². The summed E-state index contributed by atoms with van der Waals surface area (Å²) in [5.74, 6) is -0.550. The molecule has 0 aliphatic carbocycles. The third kappa shape index (κ3) is 4.72. The molecule has 0 radical (unpaired) electrons. The van der Waals surface area contributed by atoms with Crippen molar-refractivity contribution in [2.75, 3.05) is 13.3 Å². The number of benzene rings is 1. The van der Waals surface area contributed by atoms with E-state index in [1.165, 1.54) is 13.1 Å². The molecule has 0 aliphatic rings. The molecule has 0 saturated heterocycles. The average Bonchev–Trinajstić information content (AvgIpc) is 2.26. The van der Waals surface area contributed by atoms with Crippen LogP contribution in [0.5, 0.6) is 0 Å². The molecule has 16 heavy (non-hydrogen) atoms. The number of carbonyl (C=O) groups is 1. The van der Waals surface area contributed by atoms with Crippen LogP contribution in [0.1, 0.15) is 5.56 Å². The molecule has 0 aromatic heterocycles. The van der Waals surface area contributed by atoms with E-state index in [0.29, 0.717) is 5.06 Å². The number of hydroxylamine groups is 2. The van der Waals surface area contributed by atoms with Gasteiger partial charge in [0.05, 0.1) is 0 Å². The van der Waals surface area contributed by atoms with Gasteiger partial charge in [0.15, 0.2) is 0 Å². The molecular formula is C11H12NNaO2S. The minimum absolute atomic E-state index is 0. The van der Waals surface area contributed by atoms with Crippen LogP contribution in [-0.2, 0) is 4.79 Å². The third-order valence-electron chi connectivity index (χ3n) is 1.85. The minimum Gasteiger partial charge on any atom is -0.756 e. The summed E-state index contributed by atoms with van der Waals surface area (Å²) in [5.41, 5.74) is 0.945. The molecule has 0 atom stereocenters. The Labute approximate surface area is 122 Å². The van der Waals surface area contributed by atoms with Gasteiger partial charge in [0.2, 0.25) is 5.91 Å². The van der Waals surface area contributed by atoms with Crippen molar-refractivity contribution in [3.63, 3.8) is 0 Å². The van der Waals surface area contributed by atoms with Gasteiger partial charge in [-0.15, -0.1) is 11.8 Å². The van der Waals surface area contributed by atoms with E-state index >= 15 is 0 Å². The summed E-state index contributed by atoms with van der Waals surface area (Å²) in [5, 5.41) is 10.9. The van der Waals surface area contributed by atoms with Gasteiger partial charge in [-0.2, -0.15) is 0 Å². The molecule has 3 nitrogen and oxygen atoms in total. The van der Waals surface area contributed by atoms with Crippen molar-refractivity contribution in [2.45, 2.75) is 4.90 Å². The molecule has 1 rings (SSSR count). The molecule has 1 aromatic carbocycles. The van der Waals surface area contributed by atoms with Gasteiger partial charge in [-0.1, -0.05) is 18.2 Å². The first-order valence-corrected chi connectivity index (χ1v) is 5.63. The predicted octanol–water partition coefficient (Wildman–Crippen LogP) is -0.618.